The largest absolute Gasteiger partial charge is 0.308 e. The molecule has 0 fully saturated rings. The molecule has 1 heterocycles. The van der Waals surface area contributed by atoms with Crippen molar-refractivity contribution in [1.29, 1.82) is 0 Å². The predicted octanol–water partition coefficient (Wildman–Crippen LogP) is 2.20. The molecule has 17 heavy (non-hydrogen) atoms. The summed E-state index contributed by atoms with van der Waals surface area (Å²) in [6.45, 7) is 2.95. The standard InChI is InChI=1S/C14H17N3/c1-12(10-13-6-3-2-4-7-13)15-11-14-8-5-9-16-17-14/h2-9,12,15H,10-11H2,1H3. The van der Waals surface area contributed by atoms with Crippen molar-refractivity contribution in [3.05, 3.63) is 59.9 Å². The Labute approximate surface area is 102 Å². The van der Waals surface area contributed by atoms with Gasteiger partial charge in [0.15, 0.2) is 0 Å². The Morgan fingerprint density at radius 1 is 1.12 bits per heavy atom. The van der Waals surface area contributed by atoms with Crippen LogP contribution in [0.15, 0.2) is 48.7 Å². The van der Waals surface area contributed by atoms with E-state index in [1.165, 1.54) is 5.56 Å². The second kappa shape index (κ2) is 6.11. The Hall–Kier alpha value is -1.74. The van der Waals surface area contributed by atoms with Gasteiger partial charge in [0, 0.05) is 18.8 Å². The van der Waals surface area contributed by atoms with Crippen LogP contribution in [-0.4, -0.2) is 16.2 Å². The third kappa shape index (κ3) is 3.96. The Bertz CT molecular complexity index is 428. The van der Waals surface area contributed by atoms with E-state index in [9.17, 15) is 0 Å². The van der Waals surface area contributed by atoms with Gasteiger partial charge in [-0.1, -0.05) is 30.3 Å². The topological polar surface area (TPSA) is 37.8 Å². The van der Waals surface area contributed by atoms with Crippen LogP contribution in [0.4, 0.5) is 0 Å². The third-order valence-corrected chi connectivity index (χ3v) is 2.64. The van der Waals surface area contributed by atoms with Gasteiger partial charge in [0.05, 0.1) is 5.69 Å². The van der Waals surface area contributed by atoms with Gasteiger partial charge in [0.2, 0.25) is 0 Å². The summed E-state index contributed by atoms with van der Waals surface area (Å²) in [4.78, 5) is 0. The lowest BCUT2D eigenvalue weighted by molar-refractivity contribution is 0.537. The normalized spacial score (nSPS) is 12.3. The van der Waals surface area contributed by atoms with Crippen LogP contribution in [0, 0.1) is 0 Å². The fraction of sp³-hybridized carbons (Fsp3) is 0.286. The van der Waals surface area contributed by atoms with E-state index in [1.807, 2.05) is 18.2 Å². The fourth-order valence-corrected chi connectivity index (χ4v) is 1.75. The lowest BCUT2D eigenvalue weighted by Crippen LogP contribution is -2.27. The Morgan fingerprint density at radius 2 is 1.94 bits per heavy atom. The van der Waals surface area contributed by atoms with Gasteiger partial charge in [-0.3, -0.25) is 0 Å². The monoisotopic (exact) mass is 227 g/mol. The molecule has 1 N–H and O–H groups in total. The first kappa shape index (κ1) is 11.7. The highest BCUT2D eigenvalue weighted by Gasteiger charge is 2.03. The molecule has 0 saturated carbocycles. The lowest BCUT2D eigenvalue weighted by Gasteiger charge is -2.13. The minimum absolute atomic E-state index is 0.430. The highest BCUT2D eigenvalue weighted by molar-refractivity contribution is 5.15. The molecule has 88 valence electrons. The van der Waals surface area contributed by atoms with Crippen molar-refractivity contribution in [2.75, 3.05) is 0 Å². The summed E-state index contributed by atoms with van der Waals surface area (Å²) in [7, 11) is 0. The van der Waals surface area contributed by atoms with Crippen molar-refractivity contribution >= 4 is 0 Å². The molecule has 0 radical (unpaired) electrons. The number of hydrogen-bond acceptors (Lipinski definition) is 3. The van der Waals surface area contributed by atoms with E-state index in [0.29, 0.717) is 6.04 Å². The van der Waals surface area contributed by atoms with Crippen molar-refractivity contribution in [3.63, 3.8) is 0 Å². The second-order valence-electron chi connectivity index (χ2n) is 4.19. The third-order valence-electron chi connectivity index (χ3n) is 2.64. The molecule has 0 aliphatic carbocycles. The van der Waals surface area contributed by atoms with Crippen molar-refractivity contribution in [3.8, 4) is 0 Å². The van der Waals surface area contributed by atoms with Crippen LogP contribution in [0.1, 0.15) is 18.2 Å². The summed E-state index contributed by atoms with van der Waals surface area (Å²) in [6.07, 6.45) is 2.72. The molecular weight excluding hydrogens is 210 g/mol. The van der Waals surface area contributed by atoms with Crippen LogP contribution < -0.4 is 5.32 Å². The molecule has 2 rings (SSSR count). The second-order valence-corrected chi connectivity index (χ2v) is 4.19. The minimum Gasteiger partial charge on any atom is -0.308 e. The summed E-state index contributed by atoms with van der Waals surface area (Å²) in [5, 5.41) is 11.3. The number of nitrogens with one attached hydrogen (secondary N) is 1. The molecule has 3 nitrogen and oxygen atoms in total. The molecule has 1 aromatic carbocycles. The van der Waals surface area contributed by atoms with Crippen molar-refractivity contribution in [2.24, 2.45) is 0 Å². The Morgan fingerprint density at radius 3 is 2.65 bits per heavy atom. The van der Waals surface area contributed by atoms with Crippen LogP contribution in [0.5, 0.6) is 0 Å². The maximum Gasteiger partial charge on any atom is 0.0769 e. The number of hydrogen-bond donors (Lipinski definition) is 1. The zero-order valence-electron chi connectivity index (χ0n) is 10.0. The van der Waals surface area contributed by atoms with Crippen molar-refractivity contribution < 1.29 is 0 Å². The molecule has 0 spiro atoms. The first-order valence-electron chi connectivity index (χ1n) is 5.88. The van der Waals surface area contributed by atoms with E-state index in [1.54, 1.807) is 6.20 Å². The van der Waals surface area contributed by atoms with Crippen LogP contribution in [0.3, 0.4) is 0 Å². The molecule has 1 unspecified atom stereocenters. The maximum absolute atomic E-state index is 4.05. The van der Waals surface area contributed by atoms with Gasteiger partial charge in [0.25, 0.3) is 0 Å². The number of nitrogens with zero attached hydrogens (tertiary/aromatic N) is 2. The van der Waals surface area contributed by atoms with Gasteiger partial charge in [-0.15, -0.1) is 0 Å². The molecule has 0 bridgehead atoms. The maximum atomic E-state index is 4.05. The smallest absolute Gasteiger partial charge is 0.0769 e. The molecule has 2 aromatic rings. The van der Waals surface area contributed by atoms with E-state index in [0.717, 1.165) is 18.7 Å². The minimum atomic E-state index is 0.430. The summed E-state index contributed by atoms with van der Waals surface area (Å²) in [5.74, 6) is 0. The zero-order chi connectivity index (χ0) is 11.9. The van der Waals surface area contributed by atoms with Crippen molar-refractivity contribution in [2.45, 2.75) is 25.9 Å². The van der Waals surface area contributed by atoms with E-state index in [2.05, 4.69) is 46.7 Å². The lowest BCUT2D eigenvalue weighted by atomic mass is 10.1. The van der Waals surface area contributed by atoms with E-state index >= 15 is 0 Å². The van der Waals surface area contributed by atoms with Crippen LogP contribution in [-0.2, 0) is 13.0 Å². The van der Waals surface area contributed by atoms with Crippen LogP contribution in [0.25, 0.3) is 0 Å². The summed E-state index contributed by atoms with van der Waals surface area (Å²) in [5.41, 5.74) is 2.33. The zero-order valence-corrected chi connectivity index (χ0v) is 10.0. The highest BCUT2D eigenvalue weighted by atomic mass is 15.1. The van der Waals surface area contributed by atoms with E-state index < -0.39 is 0 Å². The van der Waals surface area contributed by atoms with Gasteiger partial charge >= 0.3 is 0 Å². The summed E-state index contributed by atoms with van der Waals surface area (Å²) in [6, 6.07) is 14.8. The average Bonchev–Trinajstić information content (AvgIpc) is 2.39. The molecular formula is C14H17N3. The highest BCUT2D eigenvalue weighted by Crippen LogP contribution is 2.03. The molecule has 1 aromatic heterocycles. The van der Waals surface area contributed by atoms with Crippen LogP contribution >= 0.6 is 0 Å². The van der Waals surface area contributed by atoms with Gasteiger partial charge < -0.3 is 5.32 Å². The van der Waals surface area contributed by atoms with Gasteiger partial charge in [-0.2, -0.15) is 10.2 Å². The average molecular weight is 227 g/mol. The molecule has 0 aliphatic rings. The van der Waals surface area contributed by atoms with E-state index in [-0.39, 0.29) is 0 Å². The Balaban J connectivity index is 1.80. The van der Waals surface area contributed by atoms with Gasteiger partial charge in [0.1, 0.15) is 0 Å². The Kier molecular flexibility index (Phi) is 4.22. The summed E-state index contributed by atoms with van der Waals surface area (Å²) >= 11 is 0. The molecule has 0 aliphatic heterocycles. The first-order valence-corrected chi connectivity index (χ1v) is 5.88. The number of aromatic nitrogens is 2. The molecule has 0 amide bonds. The molecule has 0 saturated heterocycles. The quantitative estimate of drug-likeness (QED) is 0.851. The number of rotatable bonds is 5. The fourth-order valence-electron chi connectivity index (χ4n) is 1.75. The van der Waals surface area contributed by atoms with Crippen LogP contribution in [0.2, 0.25) is 0 Å². The molecule has 3 heteroatoms. The first-order chi connectivity index (χ1) is 8.34. The SMILES string of the molecule is CC(Cc1ccccc1)NCc1cccnn1. The van der Waals surface area contributed by atoms with Gasteiger partial charge in [-0.05, 0) is 31.0 Å². The predicted molar refractivity (Wildman–Crippen MR) is 68.5 cm³/mol. The summed E-state index contributed by atoms with van der Waals surface area (Å²) < 4.78 is 0. The van der Waals surface area contributed by atoms with E-state index in [4.69, 9.17) is 0 Å². The van der Waals surface area contributed by atoms with Crippen molar-refractivity contribution in [1.82, 2.24) is 15.5 Å². The number of benzene rings is 1. The van der Waals surface area contributed by atoms with Gasteiger partial charge in [-0.25, -0.2) is 0 Å². The molecule has 1 atom stereocenters.